The third kappa shape index (κ3) is 3.05. The van der Waals surface area contributed by atoms with Gasteiger partial charge < -0.3 is 20.4 Å². The summed E-state index contributed by atoms with van der Waals surface area (Å²) in [6, 6.07) is 4.27. The lowest BCUT2D eigenvalue weighted by molar-refractivity contribution is 0.403. The molecule has 3 aromatic rings. The molecule has 2 aromatic heterocycles. The Balaban J connectivity index is 2.01. The Bertz CT molecular complexity index is 1160. The van der Waals surface area contributed by atoms with Crippen LogP contribution in [-0.4, -0.2) is 27.6 Å². The minimum Gasteiger partial charge on any atom is -0.496 e. The van der Waals surface area contributed by atoms with Crippen molar-refractivity contribution in [1.29, 1.82) is 0 Å². The molecule has 30 heavy (non-hydrogen) atoms. The minimum atomic E-state index is -1.46. The molecule has 2 atom stereocenters. The van der Waals surface area contributed by atoms with Crippen LogP contribution >= 0.6 is 0 Å². The van der Waals surface area contributed by atoms with E-state index in [9.17, 15) is 8.78 Å². The van der Waals surface area contributed by atoms with Gasteiger partial charge in [0.05, 0.1) is 25.3 Å². The van der Waals surface area contributed by atoms with E-state index in [-0.39, 0.29) is 11.7 Å². The average Bonchev–Trinajstić information content (AvgIpc) is 3.13. The molecule has 0 saturated heterocycles. The van der Waals surface area contributed by atoms with Crippen LogP contribution < -0.4 is 21.5 Å². The number of nitrogens with two attached hydrogens (primary N) is 2. The van der Waals surface area contributed by atoms with Crippen molar-refractivity contribution in [2.75, 3.05) is 12.4 Å². The molecular weight excluding hydrogens is 392 g/mol. The van der Waals surface area contributed by atoms with Gasteiger partial charge in [0, 0.05) is 42.0 Å². The molecule has 0 aliphatic carbocycles. The maximum Gasteiger partial charge on any atom is 0.195 e. The summed E-state index contributed by atoms with van der Waals surface area (Å²) in [7, 11) is 3.31. The van der Waals surface area contributed by atoms with E-state index in [0.717, 1.165) is 12.3 Å². The van der Waals surface area contributed by atoms with E-state index in [1.165, 1.54) is 7.11 Å². The predicted octanol–water partition coefficient (Wildman–Crippen LogP) is 2.15. The second-order valence-corrected chi connectivity index (χ2v) is 7.16. The van der Waals surface area contributed by atoms with Gasteiger partial charge in [0.15, 0.2) is 11.6 Å². The topological polar surface area (TPSA) is 116 Å². The first-order chi connectivity index (χ1) is 14.2. The fraction of sp³-hybridized carbons (Fsp3) is 0.250. The highest BCUT2D eigenvalue weighted by molar-refractivity contribution is 5.96. The van der Waals surface area contributed by atoms with Crippen molar-refractivity contribution in [1.82, 2.24) is 14.5 Å². The molecule has 4 rings (SSSR count). The summed E-state index contributed by atoms with van der Waals surface area (Å²) in [4.78, 5) is 12.8. The molecule has 0 bridgehead atoms. The third-order valence-electron chi connectivity index (χ3n) is 5.14. The SMILES string of the molecule is COc1ccc2c(c1[C@@H](C)c1ncc(F)cc1F)C(N)(c1cn(C)cn1)N=C(N)N2. The summed E-state index contributed by atoms with van der Waals surface area (Å²) in [6.07, 6.45) is 4.30. The number of pyridine rings is 1. The van der Waals surface area contributed by atoms with Gasteiger partial charge in [-0.3, -0.25) is 10.7 Å². The Morgan fingerprint density at radius 3 is 2.67 bits per heavy atom. The van der Waals surface area contributed by atoms with Gasteiger partial charge in [-0.1, -0.05) is 6.92 Å². The molecule has 3 heterocycles. The maximum absolute atomic E-state index is 14.6. The van der Waals surface area contributed by atoms with Crippen LogP contribution in [0.4, 0.5) is 14.5 Å². The van der Waals surface area contributed by atoms with Gasteiger partial charge in [0.2, 0.25) is 0 Å². The monoisotopic (exact) mass is 413 g/mol. The number of aryl methyl sites for hydroxylation is 1. The maximum atomic E-state index is 14.6. The van der Waals surface area contributed by atoms with Gasteiger partial charge >= 0.3 is 0 Å². The lowest BCUT2D eigenvalue weighted by atomic mass is 9.82. The van der Waals surface area contributed by atoms with Crippen molar-refractivity contribution in [3.8, 4) is 5.75 Å². The highest BCUT2D eigenvalue weighted by Gasteiger charge is 2.42. The minimum absolute atomic E-state index is 0.0500. The lowest BCUT2D eigenvalue weighted by Crippen LogP contribution is -2.45. The van der Waals surface area contributed by atoms with Crippen LogP contribution in [0, 0.1) is 11.6 Å². The quantitative estimate of drug-likeness (QED) is 0.604. The van der Waals surface area contributed by atoms with Gasteiger partial charge in [-0.05, 0) is 12.1 Å². The van der Waals surface area contributed by atoms with E-state index < -0.39 is 23.2 Å². The lowest BCUT2D eigenvalue weighted by Gasteiger charge is -2.35. The summed E-state index contributed by atoms with van der Waals surface area (Å²) in [6.45, 7) is 1.74. The van der Waals surface area contributed by atoms with E-state index >= 15 is 0 Å². The van der Waals surface area contributed by atoms with Gasteiger partial charge in [-0.15, -0.1) is 0 Å². The molecule has 10 heteroatoms. The zero-order valence-corrected chi connectivity index (χ0v) is 16.6. The molecule has 156 valence electrons. The number of nitrogens with one attached hydrogen (secondary N) is 1. The second-order valence-electron chi connectivity index (χ2n) is 7.16. The first kappa shape index (κ1) is 19.8. The number of anilines is 1. The Labute approximate surface area is 171 Å². The molecular formula is C20H21F2N7O. The first-order valence-electron chi connectivity index (χ1n) is 9.16. The highest BCUT2D eigenvalue weighted by Crippen LogP contribution is 2.46. The van der Waals surface area contributed by atoms with E-state index in [1.807, 2.05) is 7.05 Å². The van der Waals surface area contributed by atoms with Gasteiger partial charge in [0.25, 0.3) is 0 Å². The molecule has 1 aliphatic heterocycles. The van der Waals surface area contributed by atoms with Crippen molar-refractivity contribution in [3.63, 3.8) is 0 Å². The number of benzene rings is 1. The smallest absolute Gasteiger partial charge is 0.195 e. The number of aromatic nitrogens is 3. The van der Waals surface area contributed by atoms with Crippen LogP contribution in [0.25, 0.3) is 0 Å². The zero-order chi connectivity index (χ0) is 21.6. The van der Waals surface area contributed by atoms with Crippen LogP contribution in [0.5, 0.6) is 5.75 Å². The van der Waals surface area contributed by atoms with Crippen molar-refractivity contribution in [2.24, 2.45) is 23.5 Å². The fourth-order valence-corrected chi connectivity index (χ4v) is 3.81. The number of rotatable bonds is 4. The van der Waals surface area contributed by atoms with Crippen LogP contribution in [0.2, 0.25) is 0 Å². The highest BCUT2D eigenvalue weighted by atomic mass is 19.1. The Hall–Kier alpha value is -3.53. The number of ether oxygens (including phenoxy) is 1. The number of guanidine groups is 1. The van der Waals surface area contributed by atoms with E-state index in [1.54, 1.807) is 36.1 Å². The molecule has 0 saturated carbocycles. The Morgan fingerprint density at radius 2 is 2.03 bits per heavy atom. The van der Waals surface area contributed by atoms with Crippen LogP contribution in [0.15, 0.2) is 41.9 Å². The fourth-order valence-electron chi connectivity index (χ4n) is 3.81. The number of nitrogens with zero attached hydrogens (tertiary/aromatic N) is 4. The molecule has 0 radical (unpaired) electrons. The molecule has 0 fully saturated rings. The summed E-state index contributed by atoms with van der Waals surface area (Å²) < 4.78 is 35.3. The number of fused-ring (bicyclic) bond motifs is 1. The van der Waals surface area contributed by atoms with E-state index in [0.29, 0.717) is 28.3 Å². The summed E-state index contributed by atoms with van der Waals surface area (Å²) in [5, 5.41) is 3.00. The number of imidazole rings is 1. The molecule has 0 spiro atoms. The standard InChI is InChI=1S/C20H21F2N7O/c1-10(18-12(22)6-11(21)7-25-18)16-14(30-3)5-4-13-17(16)20(24,28-19(23)27-13)15-8-29(2)9-26-15/h4-10H,24H2,1-3H3,(H3,23,27,28)/t10-,20?/m1/s1. The summed E-state index contributed by atoms with van der Waals surface area (Å²) >= 11 is 0. The van der Waals surface area contributed by atoms with E-state index in [4.69, 9.17) is 16.2 Å². The molecule has 1 unspecified atom stereocenters. The molecule has 1 aliphatic rings. The normalized spacial score (nSPS) is 18.9. The number of methoxy groups -OCH3 is 1. The number of aliphatic imine (C=N–C) groups is 1. The first-order valence-corrected chi connectivity index (χ1v) is 9.16. The van der Waals surface area contributed by atoms with Crippen LogP contribution in [-0.2, 0) is 12.7 Å². The van der Waals surface area contributed by atoms with Crippen molar-refractivity contribution in [2.45, 2.75) is 18.5 Å². The zero-order valence-electron chi connectivity index (χ0n) is 16.6. The second kappa shape index (κ2) is 7.06. The van der Waals surface area contributed by atoms with E-state index in [2.05, 4.69) is 20.3 Å². The summed E-state index contributed by atoms with van der Waals surface area (Å²) in [5.74, 6) is -1.60. The van der Waals surface area contributed by atoms with Crippen LogP contribution in [0.1, 0.15) is 35.4 Å². The number of hydrogen-bond acceptors (Lipinski definition) is 7. The third-order valence-corrected chi connectivity index (χ3v) is 5.14. The largest absolute Gasteiger partial charge is 0.496 e. The molecule has 0 amide bonds. The van der Waals surface area contributed by atoms with Gasteiger partial charge in [0.1, 0.15) is 23.1 Å². The van der Waals surface area contributed by atoms with Crippen molar-refractivity contribution >= 4 is 11.6 Å². The molecule has 5 N–H and O–H groups in total. The Morgan fingerprint density at radius 1 is 1.27 bits per heavy atom. The predicted molar refractivity (Wildman–Crippen MR) is 108 cm³/mol. The molecule has 1 aromatic carbocycles. The number of hydrogen-bond donors (Lipinski definition) is 3. The summed E-state index contributed by atoms with van der Waals surface area (Å²) in [5.41, 5.74) is 13.5. The average molecular weight is 413 g/mol. The Kier molecular flexibility index (Phi) is 4.65. The van der Waals surface area contributed by atoms with Gasteiger partial charge in [-0.25, -0.2) is 18.8 Å². The van der Waals surface area contributed by atoms with Crippen molar-refractivity contribution in [3.05, 3.63) is 71.1 Å². The molecule has 8 nitrogen and oxygen atoms in total. The van der Waals surface area contributed by atoms with Crippen molar-refractivity contribution < 1.29 is 13.5 Å². The van der Waals surface area contributed by atoms with Gasteiger partial charge in [-0.2, -0.15) is 0 Å². The number of halogens is 2. The van der Waals surface area contributed by atoms with Crippen LogP contribution in [0.3, 0.4) is 0 Å².